The Hall–Kier alpha value is -1.64. The number of carbonyl (C=O) groups excluding carboxylic acids is 2. The van der Waals surface area contributed by atoms with Gasteiger partial charge in [0.2, 0.25) is 10.0 Å². The average Bonchev–Trinajstić information content (AvgIpc) is 2.52. The van der Waals surface area contributed by atoms with Crippen molar-refractivity contribution < 1.29 is 22.7 Å². The lowest BCUT2D eigenvalue weighted by Gasteiger charge is -2.13. The zero-order valence-electron chi connectivity index (χ0n) is 14.2. The number of amides is 1. The molecule has 7 nitrogen and oxygen atoms in total. The number of hydrogen-bond donors (Lipinski definition) is 2. The molecule has 0 fully saturated rings. The van der Waals surface area contributed by atoms with Crippen molar-refractivity contribution in [1.29, 1.82) is 0 Å². The maximum absolute atomic E-state index is 12.0. The van der Waals surface area contributed by atoms with E-state index < -0.39 is 28.5 Å². The Morgan fingerprint density at radius 3 is 2.60 bits per heavy atom. The summed E-state index contributed by atoms with van der Waals surface area (Å²) >= 11 is 5.75. The van der Waals surface area contributed by atoms with Gasteiger partial charge in [0.25, 0.3) is 5.91 Å². The summed E-state index contributed by atoms with van der Waals surface area (Å²) in [5.41, 5.74) is -0.0581. The van der Waals surface area contributed by atoms with Crippen LogP contribution in [0.3, 0.4) is 0 Å². The van der Waals surface area contributed by atoms with Crippen molar-refractivity contribution in [2.75, 3.05) is 6.61 Å². The van der Waals surface area contributed by atoms with E-state index >= 15 is 0 Å². The number of halogens is 1. The van der Waals surface area contributed by atoms with Gasteiger partial charge in [-0.25, -0.2) is 18.4 Å². The number of hydrogen-bond acceptors (Lipinski definition) is 5. The fraction of sp³-hybridized carbons (Fsp3) is 0.500. The maximum Gasteiger partial charge on any atom is 0.338 e. The van der Waals surface area contributed by atoms with Gasteiger partial charge in [0.1, 0.15) is 4.90 Å². The summed E-state index contributed by atoms with van der Waals surface area (Å²) in [6.07, 6.45) is 4.05. The summed E-state index contributed by atoms with van der Waals surface area (Å²) in [5, 5.41) is 7.66. The first-order chi connectivity index (χ1) is 11.6. The lowest BCUT2D eigenvalue weighted by molar-refractivity contribution is -0.124. The molecular formula is C16H23ClN2O5S. The molecule has 0 aliphatic rings. The van der Waals surface area contributed by atoms with Crippen LogP contribution in [0.25, 0.3) is 0 Å². The van der Waals surface area contributed by atoms with E-state index in [1.807, 2.05) is 6.92 Å². The first-order valence-corrected chi connectivity index (χ1v) is 9.86. The Labute approximate surface area is 152 Å². The number of primary sulfonamides is 1. The van der Waals surface area contributed by atoms with Gasteiger partial charge in [-0.3, -0.25) is 4.79 Å². The molecule has 0 radical (unpaired) electrons. The Bertz CT molecular complexity index is 721. The highest BCUT2D eigenvalue weighted by atomic mass is 35.5. The summed E-state index contributed by atoms with van der Waals surface area (Å²) in [6.45, 7) is 3.53. The molecule has 1 atom stereocenters. The number of carbonyl (C=O) groups is 2. The molecule has 0 aromatic heterocycles. The van der Waals surface area contributed by atoms with Crippen molar-refractivity contribution in [1.82, 2.24) is 5.32 Å². The minimum Gasteiger partial charge on any atom is -0.452 e. The van der Waals surface area contributed by atoms with Crippen LogP contribution < -0.4 is 10.5 Å². The molecule has 0 aliphatic heterocycles. The molecule has 1 rings (SSSR count). The fourth-order valence-corrected chi connectivity index (χ4v) is 3.22. The number of unbranched alkanes of at least 4 members (excludes halogenated alkanes) is 2. The molecule has 3 N–H and O–H groups in total. The van der Waals surface area contributed by atoms with Crippen LogP contribution in [-0.4, -0.2) is 32.9 Å². The summed E-state index contributed by atoms with van der Waals surface area (Å²) in [5.74, 6) is -1.26. The van der Waals surface area contributed by atoms with Crippen LogP contribution in [0.2, 0.25) is 5.02 Å². The van der Waals surface area contributed by atoms with Crippen LogP contribution >= 0.6 is 11.6 Å². The second-order valence-corrected chi connectivity index (χ2v) is 7.67. The van der Waals surface area contributed by atoms with Gasteiger partial charge < -0.3 is 10.1 Å². The van der Waals surface area contributed by atoms with E-state index in [0.29, 0.717) is 0 Å². The van der Waals surface area contributed by atoms with Crippen molar-refractivity contribution in [3.63, 3.8) is 0 Å². The monoisotopic (exact) mass is 390 g/mol. The quantitative estimate of drug-likeness (QED) is 0.495. The molecular weight excluding hydrogens is 368 g/mol. The van der Waals surface area contributed by atoms with Gasteiger partial charge in [-0.15, -0.1) is 0 Å². The largest absolute Gasteiger partial charge is 0.452 e. The van der Waals surface area contributed by atoms with E-state index in [1.165, 1.54) is 12.1 Å². The van der Waals surface area contributed by atoms with Gasteiger partial charge in [0.05, 0.1) is 10.6 Å². The van der Waals surface area contributed by atoms with Crippen molar-refractivity contribution >= 4 is 33.5 Å². The van der Waals surface area contributed by atoms with Gasteiger partial charge in [-0.05, 0) is 31.5 Å². The molecule has 0 spiro atoms. The maximum atomic E-state index is 12.0. The highest BCUT2D eigenvalue weighted by Crippen LogP contribution is 2.21. The van der Waals surface area contributed by atoms with Gasteiger partial charge >= 0.3 is 5.97 Å². The molecule has 1 aromatic rings. The molecule has 0 bridgehead atoms. The van der Waals surface area contributed by atoms with E-state index in [0.717, 1.165) is 31.7 Å². The van der Waals surface area contributed by atoms with Crippen LogP contribution in [0.1, 0.15) is 49.9 Å². The Balaban J connectivity index is 2.58. The fourth-order valence-electron chi connectivity index (χ4n) is 2.15. The Morgan fingerprint density at radius 2 is 2.00 bits per heavy atom. The lowest BCUT2D eigenvalue weighted by atomic mass is 10.1. The van der Waals surface area contributed by atoms with Gasteiger partial charge in [0, 0.05) is 6.04 Å². The van der Waals surface area contributed by atoms with E-state index in [4.69, 9.17) is 21.5 Å². The third-order valence-corrected chi connectivity index (χ3v) is 4.85. The number of benzene rings is 1. The molecule has 0 unspecified atom stereocenters. The van der Waals surface area contributed by atoms with Crippen LogP contribution in [0.15, 0.2) is 23.1 Å². The zero-order chi connectivity index (χ0) is 19.0. The van der Waals surface area contributed by atoms with Crippen molar-refractivity contribution in [2.45, 2.75) is 50.5 Å². The van der Waals surface area contributed by atoms with Crippen LogP contribution in [0.5, 0.6) is 0 Å². The van der Waals surface area contributed by atoms with Crippen molar-refractivity contribution in [3.05, 3.63) is 28.8 Å². The number of ether oxygens (including phenoxy) is 1. The number of esters is 1. The minimum atomic E-state index is -4.07. The smallest absolute Gasteiger partial charge is 0.338 e. The summed E-state index contributed by atoms with van der Waals surface area (Å²) in [6, 6.07) is 3.53. The van der Waals surface area contributed by atoms with Crippen molar-refractivity contribution in [2.24, 2.45) is 5.14 Å². The highest BCUT2D eigenvalue weighted by molar-refractivity contribution is 7.89. The summed E-state index contributed by atoms with van der Waals surface area (Å²) in [4.78, 5) is 23.4. The molecule has 1 aromatic carbocycles. The third kappa shape index (κ3) is 7.41. The van der Waals surface area contributed by atoms with E-state index in [9.17, 15) is 18.0 Å². The molecule has 0 heterocycles. The standard InChI is InChI=1S/C16H23ClN2O5S/c1-3-4-5-6-11(2)19-15(20)10-24-16(21)12-7-8-13(17)14(9-12)25(18,22)23/h7-9,11H,3-6,10H2,1-2H3,(H,19,20)(H2,18,22,23)/t11-/m1/s1. The SMILES string of the molecule is CCCCC[C@@H](C)NC(=O)COC(=O)c1ccc(Cl)c(S(N)(=O)=O)c1. The second-order valence-electron chi connectivity index (χ2n) is 5.73. The molecule has 140 valence electrons. The Kier molecular flexibility index (Phi) is 8.34. The van der Waals surface area contributed by atoms with E-state index in [1.54, 1.807) is 0 Å². The molecule has 0 saturated carbocycles. The second kappa shape index (κ2) is 9.74. The van der Waals surface area contributed by atoms with Crippen LogP contribution in [0, 0.1) is 0 Å². The van der Waals surface area contributed by atoms with Crippen molar-refractivity contribution in [3.8, 4) is 0 Å². The zero-order valence-corrected chi connectivity index (χ0v) is 15.8. The highest BCUT2D eigenvalue weighted by Gasteiger charge is 2.18. The predicted octanol–water partition coefficient (Wildman–Crippen LogP) is 2.23. The van der Waals surface area contributed by atoms with E-state index in [2.05, 4.69) is 12.2 Å². The molecule has 25 heavy (non-hydrogen) atoms. The Morgan fingerprint density at radius 1 is 1.32 bits per heavy atom. The van der Waals surface area contributed by atoms with Crippen LogP contribution in [0.4, 0.5) is 0 Å². The summed E-state index contributed by atoms with van der Waals surface area (Å²) < 4.78 is 27.7. The molecule has 1 amide bonds. The number of nitrogens with one attached hydrogen (secondary N) is 1. The first kappa shape index (κ1) is 21.4. The molecule has 0 saturated heterocycles. The number of rotatable bonds is 9. The lowest BCUT2D eigenvalue weighted by Crippen LogP contribution is -2.35. The first-order valence-electron chi connectivity index (χ1n) is 7.94. The molecule has 0 aliphatic carbocycles. The average molecular weight is 391 g/mol. The van der Waals surface area contributed by atoms with Gasteiger partial charge in [0.15, 0.2) is 6.61 Å². The normalized spacial score (nSPS) is 12.5. The van der Waals surface area contributed by atoms with E-state index in [-0.39, 0.29) is 21.5 Å². The number of sulfonamides is 1. The van der Waals surface area contributed by atoms with Gasteiger partial charge in [-0.1, -0.05) is 37.8 Å². The minimum absolute atomic E-state index is 0.0118. The van der Waals surface area contributed by atoms with Crippen LogP contribution in [-0.2, 0) is 19.6 Å². The summed E-state index contributed by atoms with van der Waals surface area (Å²) in [7, 11) is -4.07. The predicted molar refractivity (Wildman–Crippen MR) is 94.9 cm³/mol. The molecule has 9 heteroatoms. The third-order valence-electron chi connectivity index (χ3n) is 3.46. The number of nitrogens with two attached hydrogens (primary N) is 1. The topological polar surface area (TPSA) is 116 Å². The van der Waals surface area contributed by atoms with Gasteiger partial charge in [-0.2, -0.15) is 0 Å².